The Kier molecular flexibility index (Phi) is 6.20. The maximum absolute atomic E-state index is 11.7. The summed E-state index contributed by atoms with van der Waals surface area (Å²) < 4.78 is 4.97. The van der Waals surface area contributed by atoms with Crippen LogP contribution < -0.4 is 10.6 Å². The molecule has 122 valence electrons. The topological polar surface area (TPSA) is 93.2 Å². The first-order valence-corrected chi connectivity index (χ1v) is 8.47. The van der Waals surface area contributed by atoms with Crippen molar-refractivity contribution in [2.24, 2.45) is 0 Å². The van der Waals surface area contributed by atoms with Gasteiger partial charge in [-0.05, 0) is 25.1 Å². The third-order valence-corrected chi connectivity index (χ3v) is 4.80. The van der Waals surface area contributed by atoms with Gasteiger partial charge in [0, 0.05) is 10.7 Å². The molecular formula is C13H13ClN4O3S2. The number of benzene rings is 1. The van der Waals surface area contributed by atoms with Gasteiger partial charge in [-0.1, -0.05) is 40.8 Å². The zero-order valence-electron chi connectivity index (χ0n) is 12.2. The monoisotopic (exact) mass is 372 g/mol. The van der Waals surface area contributed by atoms with Crippen LogP contribution >= 0.6 is 34.7 Å². The number of rotatable bonds is 5. The molecule has 0 radical (unpaired) electrons. The molecule has 0 aliphatic heterocycles. The Morgan fingerprint density at radius 2 is 2.17 bits per heavy atom. The molecule has 0 bridgehead atoms. The average Bonchev–Trinajstić information content (AvgIpc) is 2.94. The number of ether oxygens (including phenoxy) is 1. The van der Waals surface area contributed by atoms with E-state index in [0.717, 1.165) is 5.69 Å². The van der Waals surface area contributed by atoms with Gasteiger partial charge in [-0.3, -0.25) is 10.1 Å². The lowest BCUT2D eigenvalue weighted by Gasteiger charge is -2.07. The molecule has 0 saturated carbocycles. The van der Waals surface area contributed by atoms with E-state index in [1.54, 1.807) is 19.1 Å². The molecule has 1 atom stereocenters. The molecule has 1 aromatic carbocycles. The van der Waals surface area contributed by atoms with E-state index in [9.17, 15) is 9.59 Å². The van der Waals surface area contributed by atoms with Gasteiger partial charge in [0.05, 0.1) is 12.4 Å². The summed E-state index contributed by atoms with van der Waals surface area (Å²) in [7, 11) is 1.19. The van der Waals surface area contributed by atoms with Gasteiger partial charge in [0.25, 0.3) is 0 Å². The number of aromatic nitrogens is 2. The molecule has 10 heteroatoms. The second-order valence-corrected chi connectivity index (χ2v) is 7.25. The second kappa shape index (κ2) is 8.14. The Morgan fingerprint density at radius 3 is 2.87 bits per heavy atom. The number of anilines is 2. The van der Waals surface area contributed by atoms with Gasteiger partial charge in [-0.15, -0.1) is 10.2 Å². The minimum absolute atomic E-state index is 0.457. The quantitative estimate of drug-likeness (QED) is 0.777. The van der Waals surface area contributed by atoms with Crippen LogP contribution in [0.2, 0.25) is 5.02 Å². The van der Waals surface area contributed by atoms with Gasteiger partial charge in [-0.2, -0.15) is 0 Å². The zero-order chi connectivity index (χ0) is 16.8. The number of halogens is 1. The highest BCUT2D eigenvalue weighted by molar-refractivity contribution is 8.02. The lowest BCUT2D eigenvalue weighted by Crippen LogP contribution is -2.35. The third kappa shape index (κ3) is 5.38. The van der Waals surface area contributed by atoms with E-state index in [2.05, 4.69) is 25.6 Å². The number of carbonyl (C=O) groups is 2. The summed E-state index contributed by atoms with van der Waals surface area (Å²) in [6, 6.07) is 7.21. The van der Waals surface area contributed by atoms with Crippen LogP contribution in [-0.4, -0.2) is 34.6 Å². The molecule has 2 N–H and O–H groups in total. The Hall–Kier alpha value is -1.84. The molecule has 0 aliphatic carbocycles. The summed E-state index contributed by atoms with van der Waals surface area (Å²) in [6.45, 7) is 1.66. The fourth-order valence-corrected chi connectivity index (χ4v) is 3.56. The van der Waals surface area contributed by atoms with E-state index < -0.39 is 17.3 Å². The summed E-state index contributed by atoms with van der Waals surface area (Å²) in [6.07, 6.45) is -0.789. The lowest BCUT2D eigenvalue weighted by molar-refractivity contribution is -0.119. The highest BCUT2D eigenvalue weighted by atomic mass is 35.5. The predicted molar refractivity (Wildman–Crippen MR) is 90.5 cm³/mol. The van der Waals surface area contributed by atoms with Crippen molar-refractivity contribution in [3.05, 3.63) is 29.3 Å². The molecule has 0 fully saturated rings. The first kappa shape index (κ1) is 17.5. The molecule has 7 nitrogen and oxygen atoms in total. The Labute approximate surface area is 145 Å². The zero-order valence-corrected chi connectivity index (χ0v) is 14.6. The molecule has 23 heavy (non-hydrogen) atoms. The fourth-order valence-electron chi connectivity index (χ4n) is 1.46. The summed E-state index contributed by atoms with van der Waals surface area (Å²) in [5.41, 5.74) is 0.793. The van der Waals surface area contributed by atoms with Crippen molar-refractivity contribution in [3.8, 4) is 0 Å². The molecule has 0 unspecified atom stereocenters. The highest BCUT2D eigenvalue weighted by Gasteiger charge is 2.19. The number of alkyl carbamates (subject to hydrolysis) is 1. The van der Waals surface area contributed by atoms with Crippen molar-refractivity contribution < 1.29 is 14.3 Å². The number of amides is 2. The third-order valence-electron chi connectivity index (χ3n) is 2.54. The van der Waals surface area contributed by atoms with Gasteiger partial charge >= 0.3 is 6.09 Å². The molecule has 0 spiro atoms. The van der Waals surface area contributed by atoms with Gasteiger partial charge in [0.15, 0.2) is 4.34 Å². The summed E-state index contributed by atoms with van der Waals surface area (Å²) in [5, 5.41) is 13.9. The molecule has 1 aromatic heterocycles. The van der Waals surface area contributed by atoms with Crippen LogP contribution in [0.3, 0.4) is 0 Å². The maximum Gasteiger partial charge on any atom is 0.413 e. The normalized spacial score (nSPS) is 11.6. The Balaban J connectivity index is 1.94. The van der Waals surface area contributed by atoms with Crippen LogP contribution in [-0.2, 0) is 9.53 Å². The average molecular weight is 373 g/mol. The minimum Gasteiger partial charge on any atom is -0.453 e. The summed E-state index contributed by atoms with van der Waals surface area (Å²) in [4.78, 5) is 22.7. The summed E-state index contributed by atoms with van der Waals surface area (Å²) >= 11 is 8.41. The fraction of sp³-hybridized carbons (Fsp3) is 0.231. The lowest BCUT2D eigenvalue weighted by atomic mass is 10.3. The van der Waals surface area contributed by atoms with Crippen LogP contribution in [0.25, 0.3) is 0 Å². The first-order valence-electron chi connectivity index (χ1n) is 6.39. The molecule has 2 amide bonds. The molecule has 0 aliphatic rings. The highest BCUT2D eigenvalue weighted by Crippen LogP contribution is 2.30. The number of thioether (sulfide) groups is 1. The van der Waals surface area contributed by atoms with Gasteiger partial charge in [-0.25, -0.2) is 4.79 Å². The van der Waals surface area contributed by atoms with Crippen LogP contribution in [0.15, 0.2) is 28.6 Å². The molecule has 2 aromatic rings. The molecule has 1 heterocycles. The largest absolute Gasteiger partial charge is 0.453 e. The molecular weight excluding hydrogens is 360 g/mol. The Morgan fingerprint density at radius 1 is 1.39 bits per heavy atom. The number of hydrogen-bond donors (Lipinski definition) is 2. The van der Waals surface area contributed by atoms with Gasteiger partial charge in [0.1, 0.15) is 0 Å². The second-order valence-electron chi connectivity index (χ2n) is 4.25. The number of carbonyl (C=O) groups excluding carboxylic acids is 2. The van der Waals surface area contributed by atoms with E-state index in [1.165, 1.54) is 30.2 Å². The SMILES string of the molecule is COC(=O)NC(=O)[C@@H](C)Sc1nnc(Nc2cccc(Cl)c2)s1. The van der Waals surface area contributed by atoms with Crippen LogP contribution in [0, 0.1) is 0 Å². The van der Waals surface area contributed by atoms with Crippen molar-refractivity contribution in [1.82, 2.24) is 15.5 Å². The number of hydrogen-bond acceptors (Lipinski definition) is 8. The van der Waals surface area contributed by atoms with Crippen molar-refractivity contribution in [2.75, 3.05) is 12.4 Å². The first-order chi connectivity index (χ1) is 11.0. The number of imide groups is 1. The van der Waals surface area contributed by atoms with Crippen molar-refractivity contribution in [1.29, 1.82) is 0 Å². The van der Waals surface area contributed by atoms with Crippen LogP contribution in [0.1, 0.15) is 6.92 Å². The van der Waals surface area contributed by atoms with Crippen molar-refractivity contribution in [2.45, 2.75) is 16.5 Å². The summed E-state index contributed by atoms with van der Waals surface area (Å²) in [5.74, 6) is -0.457. The number of nitrogens with one attached hydrogen (secondary N) is 2. The van der Waals surface area contributed by atoms with E-state index in [-0.39, 0.29) is 0 Å². The Bertz CT molecular complexity index is 710. The minimum atomic E-state index is -0.789. The standard InChI is InChI=1S/C13H13ClN4O3S2/c1-7(10(19)16-12(20)21-2)22-13-18-17-11(23-13)15-9-5-3-4-8(14)6-9/h3-7H,1-2H3,(H,15,17)(H,16,19,20)/t7-/m1/s1. The van der Waals surface area contributed by atoms with Crippen LogP contribution in [0.4, 0.5) is 15.6 Å². The van der Waals surface area contributed by atoms with E-state index in [1.807, 2.05) is 12.1 Å². The smallest absolute Gasteiger partial charge is 0.413 e. The van der Waals surface area contributed by atoms with Gasteiger partial charge in [0.2, 0.25) is 11.0 Å². The number of nitrogens with zero attached hydrogens (tertiary/aromatic N) is 2. The van der Waals surface area contributed by atoms with Crippen LogP contribution in [0.5, 0.6) is 0 Å². The van der Waals surface area contributed by atoms with Gasteiger partial charge < -0.3 is 10.1 Å². The van der Waals surface area contributed by atoms with Crippen molar-refractivity contribution >= 4 is 57.5 Å². The predicted octanol–water partition coefficient (Wildman–Crippen LogP) is 3.30. The van der Waals surface area contributed by atoms with E-state index in [4.69, 9.17) is 11.6 Å². The maximum atomic E-state index is 11.7. The number of methoxy groups -OCH3 is 1. The van der Waals surface area contributed by atoms with E-state index >= 15 is 0 Å². The van der Waals surface area contributed by atoms with Crippen molar-refractivity contribution in [3.63, 3.8) is 0 Å². The van der Waals surface area contributed by atoms with E-state index in [0.29, 0.717) is 14.5 Å². The molecule has 0 saturated heterocycles. The molecule has 2 rings (SSSR count).